The summed E-state index contributed by atoms with van der Waals surface area (Å²) in [7, 11) is -3.46. The molecule has 0 unspecified atom stereocenters. The third-order valence-electron chi connectivity index (χ3n) is 4.08. The zero-order chi connectivity index (χ0) is 15.1. The summed E-state index contributed by atoms with van der Waals surface area (Å²) in [6, 6.07) is 4.91. The van der Waals surface area contributed by atoms with Gasteiger partial charge in [0.05, 0.1) is 11.5 Å². The first-order chi connectivity index (χ1) is 9.93. The SMILES string of the molecule is Cc1ccc(S(=O)(=O)N2CCC3(CC2)OCCS3)cc1Cl. The standard InChI is InChI=1S/C14H18ClNO3S2/c1-11-2-3-12(10-13(11)15)21(17,18)16-6-4-14(5-7-16)19-8-9-20-14/h2-3,10H,4-9H2,1H3. The predicted octanol–water partition coefficient (Wildman–Crippen LogP) is 2.89. The fourth-order valence-electron chi connectivity index (χ4n) is 2.74. The van der Waals surface area contributed by atoms with E-state index >= 15 is 0 Å². The minimum atomic E-state index is -3.46. The Hall–Kier alpha value is -0.270. The van der Waals surface area contributed by atoms with E-state index in [1.165, 1.54) is 6.07 Å². The molecule has 0 amide bonds. The van der Waals surface area contributed by atoms with E-state index in [-0.39, 0.29) is 9.83 Å². The van der Waals surface area contributed by atoms with Gasteiger partial charge >= 0.3 is 0 Å². The van der Waals surface area contributed by atoms with Crippen LogP contribution < -0.4 is 0 Å². The second-order valence-electron chi connectivity index (χ2n) is 5.42. The van der Waals surface area contributed by atoms with Crippen molar-refractivity contribution in [2.24, 2.45) is 0 Å². The van der Waals surface area contributed by atoms with Crippen LogP contribution in [0.4, 0.5) is 0 Å². The molecule has 2 fully saturated rings. The third kappa shape index (κ3) is 2.97. The minimum Gasteiger partial charge on any atom is -0.363 e. The molecule has 2 aliphatic heterocycles. The van der Waals surface area contributed by atoms with Gasteiger partial charge in [0.25, 0.3) is 0 Å². The number of benzene rings is 1. The van der Waals surface area contributed by atoms with Crippen LogP contribution in [0.3, 0.4) is 0 Å². The number of piperidine rings is 1. The maximum absolute atomic E-state index is 12.7. The first-order valence-corrected chi connectivity index (χ1v) is 9.78. The first-order valence-electron chi connectivity index (χ1n) is 6.97. The smallest absolute Gasteiger partial charge is 0.243 e. The molecule has 2 aliphatic rings. The maximum Gasteiger partial charge on any atom is 0.243 e. The maximum atomic E-state index is 12.7. The Labute approximate surface area is 134 Å². The van der Waals surface area contributed by atoms with Gasteiger partial charge in [0.2, 0.25) is 10.0 Å². The molecule has 4 nitrogen and oxygen atoms in total. The Morgan fingerprint density at radius 1 is 1.33 bits per heavy atom. The number of thioether (sulfide) groups is 1. The quantitative estimate of drug-likeness (QED) is 0.825. The van der Waals surface area contributed by atoms with Crippen LogP contribution in [0.1, 0.15) is 18.4 Å². The number of hydrogen-bond donors (Lipinski definition) is 0. The average molecular weight is 348 g/mol. The summed E-state index contributed by atoms with van der Waals surface area (Å²) in [5.74, 6) is 1.00. The zero-order valence-corrected chi connectivity index (χ0v) is 14.2. The predicted molar refractivity (Wildman–Crippen MR) is 85.3 cm³/mol. The Kier molecular flexibility index (Phi) is 4.27. The van der Waals surface area contributed by atoms with E-state index in [1.54, 1.807) is 16.4 Å². The highest BCUT2D eigenvalue weighted by Gasteiger charge is 2.42. The van der Waals surface area contributed by atoms with Crippen LogP contribution in [-0.2, 0) is 14.8 Å². The molecule has 2 saturated heterocycles. The van der Waals surface area contributed by atoms with Crippen LogP contribution >= 0.6 is 23.4 Å². The van der Waals surface area contributed by atoms with Gasteiger partial charge in [-0.3, -0.25) is 0 Å². The van der Waals surface area contributed by atoms with Gasteiger partial charge < -0.3 is 4.74 Å². The summed E-state index contributed by atoms with van der Waals surface area (Å²) in [4.78, 5) is 0.116. The Bertz CT molecular complexity index is 632. The molecule has 0 bridgehead atoms. The third-order valence-corrected chi connectivity index (χ3v) is 7.80. The topological polar surface area (TPSA) is 46.6 Å². The van der Waals surface area contributed by atoms with Gasteiger partial charge in [-0.1, -0.05) is 17.7 Å². The molecule has 0 atom stereocenters. The van der Waals surface area contributed by atoms with Gasteiger partial charge in [-0.15, -0.1) is 11.8 Å². The highest BCUT2D eigenvalue weighted by Crippen LogP contribution is 2.42. The van der Waals surface area contributed by atoms with Crippen LogP contribution in [-0.4, -0.2) is 43.1 Å². The van der Waals surface area contributed by atoms with E-state index in [1.807, 2.05) is 18.7 Å². The molecule has 7 heteroatoms. The second-order valence-corrected chi connectivity index (χ2v) is 9.21. The average Bonchev–Trinajstić information content (AvgIpc) is 2.90. The van der Waals surface area contributed by atoms with Crippen LogP contribution in [0.15, 0.2) is 23.1 Å². The van der Waals surface area contributed by atoms with E-state index in [0.29, 0.717) is 18.1 Å². The number of sulfonamides is 1. The van der Waals surface area contributed by atoms with Gasteiger partial charge in [0.1, 0.15) is 4.93 Å². The molecular weight excluding hydrogens is 330 g/mol. The molecule has 1 spiro atoms. The number of halogens is 1. The van der Waals surface area contributed by atoms with E-state index in [4.69, 9.17) is 16.3 Å². The van der Waals surface area contributed by atoms with Gasteiger partial charge in [-0.25, -0.2) is 8.42 Å². The first kappa shape index (κ1) is 15.6. The van der Waals surface area contributed by atoms with Crippen molar-refractivity contribution in [3.8, 4) is 0 Å². The molecule has 3 rings (SSSR count). The van der Waals surface area contributed by atoms with Crippen LogP contribution in [0, 0.1) is 6.92 Å². The number of ether oxygens (including phenoxy) is 1. The van der Waals surface area contributed by atoms with Crippen LogP contribution in [0.2, 0.25) is 5.02 Å². The van der Waals surface area contributed by atoms with Gasteiger partial charge in [-0.2, -0.15) is 4.31 Å². The lowest BCUT2D eigenvalue weighted by molar-refractivity contribution is 0.0162. The number of aryl methyl sites for hydroxylation is 1. The van der Waals surface area contributed by atoms with Crippen molar-refractivity contribution in [3.05, 3.63) is 28.8 Å². The largest absolute Gasteiger partial charge is 0.363 e. The summed E-state index contributed by atoms with van der Waals surface area (Å²) in [6.45, 7) is 3.63. The molecule has 1 aromatic carbocycles. The van der Waals surface area contributed by atoms with E-state index in [2.05, 4.69) is 0 Å². The van der Waals surface area contributed by atoms with E-state index in [9.17, 15) is 8.42 Å². The van der Waals surface area contributed by atoms with Crippen molar-refractivity contribution >= 4 is 33.4 Å². The number of rotatable bonds is 2. The van der Waals surface area contributed by atoms with Crippen molar-refractivity contribution in [3.63, 3.8) is 0 Å². The summed E-state index contributed by atoms with van der Waals surface area (Å²) in [5.41, 5.74) is 0.879. The Balaban J connectivity index is 1.78. The highest BCUT2D eigenvalue weighted by atomic mass is 35.5. The van der Waals surface area contributed by atoms with Crippen molar-refractivity contribution in [2.75, 3.05) is 25.4 Å². The number of nitrogens with zero attached hydrogens (tertiary/aromatic N) is 1. The molecule has 0 N–H and O–H groups in total. The summed E-state index contributed by atoms with van der Waals surface area (Å²) in [6.07, 6.45) is 1.49. The fraction of sp³-hybridized carbons (Fsp3) is 0.571. The minimum absolute atomic E-state index is 0.156. The van der Waals surface area contributed by atoms with E-state index < -0.39 is 10.0 Å². The van der Waals surface area contributed by atoms with Crippen LogP contribution in [0.25, 0.3) is 0 Å². The molecule has 0 aliphatic carbocycles. The van der Waals surface area contributed by atoms with Gasteiger partial charge in [-0.05, 0) is 37.5 Å². The highest BCUT2D eigenvalue weighted by molar-refractivity contribution is 8.00. The summed E-state index contributed by atoms with van der Waals surface area (Å²) in [5, 5.41) is 0.485. The summed E-state index contributed by atoms with van der Waals surface area (Å²) >= 11 is 7.86. The second kappa shape index (κ2) is 5.74. The monoisotopic (exact) mass is 347 g/mol. The molecule has 116 valence electrons. The fourth-order valence-corrected chi connectivity index (χ4v) is 5.63. The van der Waals surface area contributed by atoms with Crippen LogP contribution in [0.5, 0.6) is 0 Å². The van der Waals surface area contributed by atoms with Gasteiger partial charge in [0.15, 0.2) is 0 Å². The zero-order valence-electron chi connectivity index (χ0n) is 11.8. The van der Waals surface area contributed by atoms with Crippen molar-refractivity contribution in [1.29, 1.82) is 0 Å². The van der Waals surface area contributed by atoms with Crippen molar-refractivity contribution in [2.45, 2.75) is 29.6 Å². The Morgan fingerprint density at radius 3 is 2.62 bits per heavy atom. The normalized spacial score (nSPS) is 22.8. The lowest BCUT2D eigenvalue weighted by atomic mass is 10.1. The number of hydrogen-bond acceptors (Lipinski definition) is 4. The lowest BCUT2D eigenvalue weighted by Gasteiger charge is -2.37. The molecular formula is C14H18ClNO3S2. The van der Waals surface area contributed by atoms with Gasteiger partial charge in [0, 0.05) is 23.9 Å². The molecule has 1 aromatic rings. The van der Waals surface area contributed by atoms with E-state index in [0.717, 1.165) is 30.8 Å². The molecule has 0 aromatic heterocycles. The molecule has 21 heavy (non-hydrogen) atoms. The lowest BCUT2D eigenvalue weighted by Crippen LogP contribution is -2.44. The molecule has 0 radical (unpaired) electrons. The Morgan fingerprint density at radius 2 is 2.05 bits per heavy atom. The summed E-state index contributed by atoms with van der Waals surface area (Å²) < 4.78 is 32.7. The van der Waals surface area contributed by atoms with Crippen molar-refractivity contribution in [1.82, 2.24) is 4.31 Å². The molecule has 0 saturated carbocycles. The van der Waals surface area contributed by atoms with Crippen molar-refractivity contribution < 1.29 is 13.2 Å². The molecule has 2 heterocycles.